The molecule has 1 aromatic carbocycles. The first-order valence-corrected chi connectivity index (χ1v) is 11.4. The normalized spacial score (nSPS) is 21.0. The van der Waals surface area contributed by atoms with E-state index in [0.717, 1.165) is 19.0 Å². The van der Waals surface area contributed by atoms with Crippen molar-refractivity contribution in [3.63, 3.8) is 0 Å². The number of rotatable bonds is 8. The Morgan fingerprint density at radius 2 is 1.79 bits per heavy atom. The molecule has 0 aliphatic carbocycles. The number of nitrogens with one attached hydrogen (secondary N) is 2. The first kappa shape index (κ1) is 21.1. The van der Waals surface area contributed by atoms with E-state index in [2.05, 4.69) is 64.6 Å². The highest BCUT2D eigenvalue weighted by atomic mass is 15.2. The fourth-order valence-corrected chi connectivity index (χ4v) is 4.47. The highest BCUT2D eigenvalue weighted by molar-refractivity contribution is 5.80. The van der Waals surface area contributed by atoms with Crippen LogP contribution in [-0.2, 0) is 0 Å². The predicted molar refractivity (Wildman–Crippen MR) is 119 cm³/mol. The van der Waals surface area contributed by atoms with Gasteiger partial charge in [-0.1, -0.05) is 37.3 Å². The summed E-state index contributed by atoms with van der Waals surface area (Å²) in [6.07, 6.45) is 6.28. The fraction of sp³-hybridized carbons (Fsp3) is 0.696. The zero-order valence-corrected chi connectivity index (χ0v) is 17.9. The van der Waals surface area contributed by atoms with E-state index >= 15 is 0 Å². The van der Waals surface area contributed by atoms with Crippen LogP contribution in [0.4, 0.5) is 0 Å². The second-order valence-corrected chi connectivity index (χ2v) is 8.15. The maximum absolute atomic E-state index is 5.02. The van der Waals surface area contributed by atoms with Gasteiger partial charge in [-0.25, -0.2) is 0 Å². The molecule has 156 valence electrons. The molecule has 2 fully saturated rings. The topological polar surface area (TPSA) is 42.9 Å². The van der Waals surface area contributed by atoms with Crippen LogP contribution in [-0.4, -0.2) is 67.6 Å². The van der Waals surface area contributed by atoms with Crippen LogP contribution in [0.1, 0.15) is 57.6 Å². The Labute approximate surface area is 171 Å². The van der Waals surface area contributed by atoms with Crippen molar-refractivity contribution in [1.29, 1.82) is 0 Å². The lowest BCUT2D eigenvalue weighted by Gasteiger charge is -2.33. The first-order valence-electron chi connectivity index (χ1n) is 11.4. The molecule has 0 bridgehead atoms. The molecule has 0 spiro atoms. The van der Waals surface area contributed by atoms with Gasteiger partial charge in [0.25, 0.3) is 0 Å². The quantitative estimate of drug-likeness (QED) is 0.532. The second-order valence-electron chi connectivity index (χ2n) is 8.15. The lowest BCUT2D eigenvalue weighted by molar-refractivity contribution is 0.206. The van der Waals surface area contributed by atoms with Gasteiger partial charge in [0.2, 0.25) is 0 Å². The molecular formula is C23H39N5. The molecule has 2 aliphatic rings. The van der Waals surface area contributed by atoms with E-state index < -0.39 is 0 Å². The van der Waals surface area contributed by atoms with Gasteiger partial charge < -0.3 is 15.5 Å². The first-order chi connectivity index (χ1) is 13.8. The van der Waals surface area contributed by atoms with Crippen molar-refractivity contribution in [3.8, 4) is 0 Å². The van der Waals surface area contributed by atoms with Gasteiger partial charge in [-0.05, 0) is 64.2 Å². The molecule has 5 heteroatoms. The van der Waals surface area contributed by atoms with Gasteiger partial charge in [0.05, 0.1) is 12.6 Å². The average molecular weight is 386 g/mol. The molecule has 28 heavy (non-hydrogen) atoms. The summed E-state index contributed by atoms with van der Waals surface area (Å²) in [5.74, 6) is 0.983. The van der Waals surface area contributed by atoms with E-state index in [9.17, 15) is 0 Å². The van der Waals surface area contributed by atoms with Crippen LogP contribution in [0.15, 0.2) is 35.3 Å². The van der Waals surface area contributed by atoms with Crippen LogP contribution in [0.2, 0.25) is 0 Å². The Balaban J connectivity index is 1.61. The number of hydrogen-bond donors (Lipinski definition) is 2. The predicted octanol–water partition coefficient (Wildman–Crippen LogP) is 3.25. The summed E-state index contributed by atoms with van der Waals surface area (Å²) in [6.45, 7) is 12.1. The second kappa shape index (κ2) is 11.4. The monoisotopic (exact) mass is 385 g/mol. The van der Waals surface area contributed by atoms with Crippen LogP contribution in [0.3, 0.4) is 0 Å². The number of benzene rings is 1. The Morgan fingerprint density at radius 3 is 2.43 bits per heavy atom. The Morgan fingerprint density at radius 1 is 1.07 bits per heavy atom. The molecule has 5 nitrogen and oxygen atoms in total. The largest absolute Gasteiger partial charge is 0.357 e. The highest BCUT2D eigenvalue weighted by Crippen LogP contribution is 2.25. The Hall–Kier alpha value is -1.59. The summed E-state index contributed by atoms with van der Waals surface area (Å²) in [7, 11) is 0. The lowest BCUT2D eigenvalue weighted by Crippen LogP contribution is -2.49. The summed E-state index contributed by atoms with van der Waals surface area (Å²) in [6, 6.07) is 11.8. The summed E-state index contributed by atoms with van der Waals surface area (Å²) < 4.78 is 0. The minimum Gasteiger partial charge on any atom is -0.357 e. The van der Waals surface area contributed by atoms with Gasteiger partial charge >= 0.3 is 0 Å². The van der Waals surface area contributed by atoms with Gasteiger partial charge in [0, 0.05) is 25.7 Å². The molecule has 1 aromatic rings. The minimum absolute atomic E-state index is 0.380. The molecule has 2 aliphatic heterocycles. The molecule has 0 saturated carbocycles. The lowest BCUT2D eigenvalue weighted by atomic mass is 10.0. The molecule has 2 N–H and O–H groups in total. The van der Waals surface area contributed by atoms with Gasteiger partial charge in [-0.3, -0.25) is 9.89 Å². The molecule has 0 radical (unpaired) electrons. The Kier molecular flexibility index (Phi) is 8.62. The maximum atomic E-state index is 5.02. The van der Waals surface area contributed by atoms with Gasteiger partial charge in [-0.15, -0.1) is 0 Å². The van der Waals surface area contributed by atoms with Crippen molar-refractivity contribution < 1.29 is 0 Å². The molecule has 0 amide bonds. The summed E-state index contributed by atoms with van der Waals surface area (Å²) >= 11 is 0. The van der Waals surface area contributed by atoms with Crippen molar-refractivity contribution in [2.24, 2.45) is 4.99 Å². The van der Waals surface area contributed by atoms with E-state index in [0.29, 0.717) is 12.1 Å². The van der Waals surface area contributed by atoms with Crippen LogP contribution >= 0.6 is 0 Å². The third-order valence-corrected chi connectivity index (χ3v) is 6.00. The van der Waals surface area contributed by atoms with E-state index in [1.165, 1.54) is 70.4 Å². The highest BCUT2D eigenvalue weighted by Gasteiger charge is 2.24. The number of piperidine rings is 1. The van der Waals surface area contributed by atoms with Gasteiger partial charge in [0.1, 0.15) is 0 Å². The third-order valence-electron chi connectivity index (χ3n) is 6.00. The number of hydrogen-bond acceptors (Lipinski definition) is 3. The molecular weight excluding hydrogens is 346 g/mol. The van der Waals surface area contributed by atoms with Gasteiger partial charge in [-0.2, -0.15) is 0 Å². The van der Waals surface area contributed by atoms with Crippen molar-refractivity contribution in [2.45, 2.75) is 58.0 Å². The number of aliphatic imine (C=N–C) groups is 1. The van der Waals surface area contributed by atoms with Crippen LogP contribution in [0.5, 0.6) is 0 Å². The molecule has 1 atom stereocenters. The molecule has 2 heterocycles. The van der Waals surface area contributed by atoms with Crippen molar-refractivity contribution in [1.82, 2.24) is 20.4 Å². The average Bonchev–Trinajstić information content (AvgIpc) is 3.25. The molecule has 0 aromatic heterocycles. The number of guanidine groups is 1. The van der Waals surface area contributed by atoms with Crippen molar-refractivity contribution in [3.05, 3.63) is 35.9 Å². The van der Waals surface area contributed by atoms with E-state index in [4.69, 9.17) is 4.99 Å². The molecule has 3 rings (SSSR count). The van der Waals surface area contributed by atoms with E-state index in [-0.39, 0.29) is 0 Å². The molecule has 1 unspecified atom stereocenters. The van der Waals surface area contributed by atoms with E-state index in [1.54, 1.807) is 0 Å². The zero-order valence-electron chi connectivity index (χ0n) is 17.9. The fourth-order valence-electron chi connectivity index (χ4n) is 4.47. The summed E-state index contributed by atoms with van der Waals surface area (Å²) in [5, 5.41) is 7.18. The third kappa shape index (κ3) is 6.21. The number of likely N-dealkylation sites (tertiary alicyclic amines) is 2. The van der Waals surface area contributed by atoms with Crippen molar-refractivity contribution >= 4 is 5.96 Å². The smallest absolute Gasteiger partial charge is 0.191 e. The van der Waals surface area contributed by atoms with Crippen LogP contribution in [0.25, 0.3) is 0 Å². The maximum Gasteiger partial charge on any atom is 0.191 e. The summed E-state index contributed by atoms with van der Waals surface area (Å²) in [5.41, 5.74) is 1.39. The van der Waals surface area contributed by atoms with Gasteiger partial charge in [0.15, 0.2) is 5.96 Å². The number of nitrogens with zero attached hydrogens (tertiary/aromatic N) is 3. The van der Waals surface area contributed by atoms with Crippen LogP contribution < -0.4 is 10.6 Å². The van der Waals surface area contributed by atoms with E-state index in [1.807, 2.05) is 0 Å². The zero-order chi connectivity index (χ0) is 19.6. The van der Waals surface area contributed by atoms with Crippen LogP contribution in [0, 0.1) is 0 Å². The standard InChI is InChI=1S/C23H39N5/c1-3-14-27-17-12-21(13-18-27)26-23(24-4-2)25-19-22(28-15-8-9-16-28)20-10-6-5-7-11-20/h5-7,10-11,21-22H,3-4,8-9,12-19H2,1-2H3,(H2,24,25,26). The molecule has 2 saturated heterocycles. The minimum atomic E-state index is 0.380. The Bertz CT molecular complexity index is 574. The SMILES string of the molecule is CCCN1CCC(NC(=NCC(c2ccccc2)N2CCCC2)NCC)CC1. The summed E-state index contributed by atoms with van der Waals surface area (Å²) in [4.78, 5) is 10.2. The van der Waals surface area contributed by atoms with Crippen molar-refractivity contribution in [2.75, 3.05) is 45.8 Å².